The molecule has 2 aliphatic rings. The zero-order valence-corrected chi connectivity index (χ0v) is 36.8. The summed E-state index contributed by atoms with van der Waals surface area (Å²) in [5.74, 6) is 0.574. The summed E-state index contributed by atoms with van der Waals surface area (Å²) in [5.41, 5.74) is 17.8. The second-order valence-electron chi connectivity index (χ2n) is 18.2. The third kappa shape index (κ3) is 6.18. The zero-order chi connectivity index (χ0) is 42.1. The maximum atomic E-state index is 2.58. The number of rotatable bonds is 7. The Morgan fingerprint density at radius 3 is 1.78 bits per heavy atom. The molecule has 0 amide bonds. The smallest absolute Gasteiger partial charge is 0.0541 e. The Morgan fingerprint density at radius 1 is 0.444 bits per heavy atom. The topological polar surface area (TPSA) is 3.24 Å². The van der Waals surface area contributed by atoms with E-state index >= 15 is 0 Å². The van der Waals surface area contributed by atoms with Gasteiger partial charge in [0.1, 0.15) is 0 Å². The lowest BCUT2D eigenvalue weighted by molar-refractivity contribution is 0.445. The van der Waals surface area contributed by atoms with Gasteiger partial charge < -0.3 is 4.90 Å². The van der Waals surface area contributed by atoms with Crippen LogP contribution in [-0.4, -0.2) is 0 Å². The third-order valence-corrected chi connectivity index (χ3v) is 15.5. The van der Waals surface area contributed by atoms with Crippen molar-refractivity contribution in [2.75, 3.05) is 4.90 Å². The van der Waals surface area contributed by atoms with Gasteiger partial charge in [0.2, 0.25) is 0 Å². The number of thiophene rings is 1. The molecule has 1 heterocycles. The molecule has 10 aromatic rings. The lowest BCUT2D eigenvalue weighted by atomic mass is 9.80. The first kappa shape index (κ1) is 38.0. The van der Waals surface area contributed by atoms with E-state index < -0.39 is 0 Å². The van der Waals surface area contributed by atoms with E-state index in [9.17, 15) is 0 Å². The van der Waals surface area contributed by atoms with Gasteiger partial charge in [-0.15, -0.1) is 11.3 Å². The number of nitrogens with zero attached hydrogens (tertiary/aromatic N) is 1. The Morgan fingerprint density at radius 2 is 1.00 bits per heavy atom. The van der Waals surface area contributed by atoms with Crippen LogP contribution in [0.5, 0.6) is 0 Å². The van der Waals surface area contributed by atoms with Crippen molar-refractivity contribution in [2.24, 2.45) is 0 Å². The molecule has 0 bridgehead atoms. The maximum Gasteiger partial charge on any atom is 0.0541 e. The maximum absolute atomic E-state index is 2.58. The van der Waals surface area contributed by atoms with Gasteiger partial charge in [0.15, 0.2) is 0 Å². The Bertz CT molecular complexity index is 3370. The van der Waals surface area contributed by atoms with Crippen LogP contribution in [0, 0.1) is 0 Å². The molecule has 304 valence electrons. The van der Waals surface area contributed by atoms with Crippen LogP contribution in [0.25, 0.3) is 75.5 Å². The highest BCUT2D eigenvalue weighted by atomic mass is 32.1. The fourth-order valence-corrected chi connectivity index (χ4v) is 12.5. The number of hydrogen-bond donors (Lipinski definition) is 0. The minimum absolute atomic E-state index is 0.108. The van der Waals surface area contributed by atoms with Crippen LogP contribution < -0.4 is 4.90 Å². The van der Waals surface area contributed by atoms with Crippen molar-refractivity contribution < 1.29 is 0 Å². The lowest BCUT2D eigenvalue weighted by Crippen LogP contribution is -2.15. The summed E-state index contributed by atoms with van der Waals surface area (Å²) in [4.78, 5) is 2.58. The Kier molecular flexibility index (Phi) is 9.20. The van der Waals surface area contributed by atoms with Crippen molar-refractivity contribution in [1.82, 2.24) is 0 Å². The molecule has 0 spiro atoms. The van der Waals surface area contributed by atoms with E-state index in [4.69, 9.17) is 0 Å². The van der Waals surface area contributed by atoms with Crippen LogP contribution in [0.1, 0.15) is 68.6 Å². The van der Waals surface area contributed by atoms with Crippen molar-refractivity contribution in [2.45, 2.75) is 57.3 Å². The molecule has 1 saturated carbocycles. The summed E-state index contributed by atoms with van der Waals surface area (Å²) in [6.45, 7) is 4.76. The van der Waals surface area contributed by atoms with Gasteiger partial charge in [0.05, 0.1) is 17.1 Å². The molecular weight excluding hydrogens is 779 g/mol. The summed E-state index contributed by atoms with van der Waals surface area (Å²) in [6, 6.07) is 73.2. The lowest BCUT2D eigenvalue weighted by Gasteiger charge is -2.32. The second-order valence-corrected chi connectivity index (χ2v) is 19.2. The quantitative estimate of drug-likeness (QED) is 0.155. The van der Waals surface area contributed by atoms with E-state index in [-0.39, 0.29) is 5.41 Å². The van der Waals surface area contributed by atoms with Gasteiger partial charge >= 0.3 is 0 Å². The van der Waals surface area contributed by atoms with Gasteiger partial charge in [-0.2, -0.15) is 0 Å². The van der Waals surface area contributed by atoms with E-state index in [1.807, 2.05) is 11.3 Å². The number of para-hydroxylation sites is 3. The average Bonchev–Trinajstić information content (AvgIpc) is 3.84. The van der Waals surface area contributed by atoms with Crippen LogP contribution in [0.2, 0.25) is 0 Å². The largest absolute Gasteiger partial charge is 0.309 e. The van der Waals surface area contributed by atoms with Gasteiger partial charge in [0.25, 0.3) is 0 Å². The highest BCUT2D eigenvalue weighted by molar-refractivity contribution is 7.26. The summed E-state index contributed by atoms with van der Waals surface area (Å²) in [5, 5.41) is 5.34. The van der Waals surface area contributed by atoms with Crippen LogP contribution >= 0.6 is 11.3 Å². The Labute approximate surface area is 374 Å². The molecule has 1 aromatic heterocycles. The first-order chi connectivity index (χ1) is 31.0. The summed E-state index contributed by atoms with van der Waals surface area (Å²) in [7, 11) is 0. The van der Waals surface area contributed by atoms with E-state index in [1.54, 1.807) is 0 Å². The standard InChI is InChI=1S/C61H49NS/c1-61(2)53-32-11-6-24-45(53)46-38-37-42(39-54(46)61)43-23-7-12-33-55(43)62(57-35-14-9-26-48(57)51-30-18-31-52-49-27-10-15-36-58(49)63-60(51)52)56-34-13-8-25-47(56)50-29-17-22-41-21-16-28-44(59(41)50)40-19-4-3-5-20-40/h6-18,21-40H,3-5,19-20H2,1-2H3. The molecular formula is C61H49NS. The molecule has 0 N–H and O–H groups in total. The molecule has 1 nitrogen and oxygen atoms in total. The van der Waals surface area contributed by atoms with Crippen LogP contribution in [0.15, 0.2) is 194 Å². The SMILES string of the molecule is CC1(C)c2ccccc2-c2ccc(-c3ccccc3N(c3ccccc3-c3cccc4c3sc3ccccc34)c3ccccc3-c3cccc4cccc(C5CCCCC5)c34)cc21. The van der Waals surface area contributed by atoms with E-state index in [0.29, 0.717) is 5.92 Å². The van der Waals surface area contributed by atoms with Crippen LogP contribution in [0.3, 0.4) is 0 Å². The van der Waals surface area contributed by atoms with Crippen LogP contribution in [-0.2, 0) is 5.41 Å². The first-order valence-corrected chi connectivity index (χ1v) is 23.6. The first-order valence-electron chi connectivity index (χ1n) is 22.8. The van der Waals surface area contributed by atoms with Gasteiger partial charge in [0, 0.05) is 47.8 Å². The molecule has 0 radical (unpaired) electrons. The third-order valence-electron chi connectivity index (χ3n) is 14.3. The number of anilines is 3. The molecule has 0 atom stereocenters. The summed E-state index contributed by atoms with van der Waals surface area (Å²) in [6.07, 6.45) is 6.47. The summed E-state index contributed by atoms with van der Waals surface area (Å²) >= 11 is 1.90. The monoisotopic (exact) mass is 827 g/mol. The van der Waals surface area contributed by atoms with Crippen LogP contribution in [0.4, 0.5) is 17.1 Å². The summed E-state index contributed by atoms with van der Waals surface area (Å²) < 4.78 is 2.63. The predicted molar refractivity (Wildman–Crippen MR) is 271 cm³/mol. The highest BCUT2D eigenvalue weighted by Crippen LogP contribution is 2.53. The van der Waals surface area contributed by atoms with Crippen molar-refractivity contribution in [1.29, 1.82) is 0 Å². The molecule has 12 rings (SSSR count). The van der Waals surface area contributed by atoms with Crippen molar-refractivity contribution in [3.8, 4) is 44.5 Å². The second kappa shape index (κ2) is 15.3. The predicted octanol–water partition coefficient (Wildman–Crippen LogP) is 18.0. The van der Waals surface area contributed by atoms with Gasteiger partial charge in [-0.05, 0) is 98.8 Å². The van der Waals surface area contributed by atoms with Crippen molar-refractivity contribution in [3.63, 3.8) is 0 Å². The molecule has 2 heteroatoms. The fourth-order valence-electron chi connectivity index (χ4n) is 11.3. The molecule has 2 aliphatic carbocycles. The number of hydrogen-bond acceptors (Lipinski definition) is 2. The number of fused-ring (bicyclic) bond motifs is 7. The van der Waals surface area contributed by atoms with Gasteiger partial charge in [-0.1, -0.05) is 197 Å². The molecule has 9 aromatic carbocycles. The van der Waals surface area contributed by atoms with E-state index in [1.165, 1.54) is 130 Å². The van der Waals surface area contributed by atoms with Crippen molar-refractivity contribution >= 4 is 59.3 Å². The molecule has 0 aliphatic heterocycles. The van der Waals surface area contributed by atoms with E-state index in [0.717, 1.165) is 11.4 Å². The molecule has 0 saturated heterocycles. The Balaban J connectivity index is 1.12. The van der Waals surface area contributed by atoms with Crippen molar-refractivity contribution in [3.05, 3.63) is 211 Å². The minimum atomic E-state index is -0.108. The normalized spacial score (nSPS) is 14.6. The van der Waals surface area contributed by atoms with E-state index in [2.05, 4.69) is 213 Å². The highest BCUT2D eigenvalue weighted by Gasteiger charge is 2.36. The van der Waals surface area contributed by atoms with Gasteiger partial charge in [-0.25, -0.2) is 0 Å². The molecule has 0 unspecified atom stereocenters. The fraction of sp³-hybridized carbons (Fsp3) is 0.148. The number of benzene rings is 9. The average molecular weight is 828 g/mol. The zero-order valence-electron chi connectivity index (χ0n) is 35.9. The molecule has 1 fully saturated rings. The minimum Gasteiger partial charge on any atom is -0.309 e. The molecule has 63 heavy (non-hydrogen) atoms. The van der Waals surface area contributed by atoms with Gasteiger partial charge in [-0.3, -0.25) is 0 Å². The Hall–Kier alpha value is -6.74.